The lowest BCUT2D eigenvalue weighted by Gasteiger charge is -2.40. The van der Waals surface area contributed by atoms with Crippen molar-refractivity contribution >= 4 is 0 Å². The molecule has 0 aromatic rings. The first-order valence-corrected chi connectivity index (χ1v) is 7.54. The second-order valence-electron chi connectivity index (χ2n) is 6.37. The number of hydrogen-bond acceptors (Lipinski definition) is 2. The minimum Gasteiger partial charge on any atom is -0.316 e. The number of hydrogen-bond donors (Lipinski definition) is 1. The summed E-state index contributed by atoms with van der Waals surface area (Å²) in [7, 11) is 0. The highest BCUT2D eigenvalue weighted by atomic mass is 15.2. The van der Waals surface area contributed by atoms with Crippen LogP contribution in [0.2, 0.25) is 0 Å². The highest BCUT2D eigenvalue weighted by Crippen LogP contribution is 2.24. The van der Waals surface area contributed by atoms with Crippen LogP contribution in [0.4, 0.5) is 0 Å². The quantitative estimate of drug-likeness (QED) is 0.687. The summed E-state index contributed by atoms with van der Waals surface area (Å²) in [6.07, 6.45) is 6.79. The molecule has 0 spiro atoms. The molecule has 0 bridgehead atoms. The maximum Gasteiger partial charge on any atom is 0.00928 e. The van der Waals surface area contributed by atoms with Gasteiger partial charge in [0, 0.05) is 19.1 Å². The molecule has 0 aliphatic carbocycles. The summed E-state index contributed by atoms with van der Waals surface area (Å²) in [5.74, 6) is 0. The molecule has 1 heterocycles. The Bertz CT molecular complexity index is 201. The molecule has 1 atom stereocenters. The van der Waals surface area contributed by atoms with E-state index in [2.05, 4.69) is 37.9 Å². The molecule has 1 unspecified atom stereocenters. The van der Waals surface area contributed by atoms with Crippen LogP contribution in [0.3, 0.4) is 0 Å². The smallest absolute Gasteiger partial charge is 0.00928 e. The van der Waals surface area contributed by atoms with Crippen LogP contribution < -0.4 is 5.32 Å². The molecule has 1 fully saturated rings. The average Bonchev–Trinajstić information content (AvgIpc) is 2.29. The Morgan fingerprint density at radius 2 is 2.00 bits per heavy atom. The standard InChI is InChI=1S/C15H32N2/c1-5-10-16-12-15(3,4)13-17-11-8-7-9-14(17)6-2/h14,16H,5-13H2,1-4H3. The van der Waals surface area contributed by atoms with E-state index in [0.717, 1.165) is 19.1 Å². The van der Waals surface area contributed by atoms with Crippen LogP contribution in [-0.2, 0) is 0 Å². The molecular weight excluding hydrogens is 208 g/mol. The molecule has 1 aliphatic heterocycles. The van der Waals surface area contributed by atoms with Gasteiger partial charge in [-0.3, -0.25) is 4.90 Å². The number of rotatable bonds is 7. The maximum absolute atomic E-state index is 3.57. The van der Waals surface area contributed by atoms with Gasteiger partial charge < -0.3 is 5.32 Å². The summed E-state index contributed by atoms with van der Waals surface area (Å²) in [6.45, 7) is 14.2. The molecule has 1 aliphatic rings. The van der Waals surface area contributed by atoms with Crippen LogP contribution in [0, 0.1) is 5.41 Å². The minimum atomic E-state index is 0.403. The topological polar surface area (TPSA) is 15.3 Å². The van der Waals surface area contributed by atoms with E-state index in [1.807, 2.05) is 0 Å². The predicted octanol–water partition coefficient (Wildman–Crippen LogP) is 3.28. The normalized spacial score (nSPS) is 22.9. The fourth-order valence-corrected chi connectivity index (χ4v) is 2.94. The highest BCUT2D eigenvalue weighted by molar-refractivity contribution is 4.82. The summed E-state index contributed by atoms with van der Waals surface area (Å²) < 4.78 is 0. The monoisotopic (exact) mass is 240 g/mol. The van der Waals surface area contributed by atoms with E-state index in [4.69, 9.17) is 0 Å². The van der Waals surface area contributed by atoms with Crippen LogP contribution in [0.5, 0.6) is 0 Å². The van der Waals surface area contributed by atoms with Crippen molar-refractivity contribution in [2.45, 2.75) is 65.8 Å². The molecule has 1 rings (SSSR count). The van der Waals surface area contributed by atoms with Gasteiger partial charge in [-0.25, -0.2) is 0 Å². The van der Waals surface area contributed by atoms with E-state index < -0.39 is 0 Å². The molecule has 0 aromatic heterocycles. The number of piperidine rings is 1. The molecule has 0 amide bonds. The Hall–Kier alpha value is -0.0800. The van der Waals surface area contributed by atoms with Crippen LogP contribution in [0.15, 0.2) is 0 Å². The van der Waals surface area contributed by atoms with E-state index in [9.17, 15) is 0 Å². The van der Waals surface area contributed by atoms with Crippen molar-refractivity contribution in [2.24, 2.45) is 5.41 Å². The molecule has 102 valence electrons. The Morgan fingerprint density at radius 3 is 2.65 bits per heavy atom. The summed E-state index contributed by atoms with van der Waals surface area (Å²) in [5.41, 5.74) is 0.403. The lowest BCUT2D eigenvalue weighted by molar-refractivity contribution is 0.0928. The first-order chi connectivity index (χ1) is 8.09. The van der Waals surface area contributed by atoms with Crippen LogP contribution in [0.25, 0.3) is 0 Å². The highest BCUT2D eigenvalue weighted by Gasteiger charge is 2.27. The van der Waals surface area contributed by atoms with Gasteiger partial charge in [0.1, 0.15) is 0 Å². The van der Waals surface area contributed by atoms with Crippen molar-refractivity contribution in [2.75, 3.05) is 26.2 Å². The summed E-state index contributed by atoms with van der Waals surface area (Å²) >= 11 is 0. The molecule has 0 aromatic carbocycles. The molecule has 2 heteroatoms. The van der Waals surface area contributed by atoms with Gasteiger partial charge >= 0.3 is 0 Å². The Morgan fingerprint density at radius 1 is 1.24 bits per heavy atom. The van der Waals surface area contributed by atoms with Gasteiger partial charge in [0.25, 0.3) is 0 Å². The summed E-state index contributed by atoms with van der Waals surface area (Å²) in [5, 5.41) is 3.57. The lowest BCUT2D eigenvalue weighted by Crippen LogP contribution is -2.47. The van der Waals surface area contributed by atoms with Crippen molar-refractivity contribution in [1.29, 1.82) is 0 Å². The fourth-order valence-electron chi connectivity index (χ4n) is 2.94. The number of nitrogens with one attached hydrogen (secondary N) is 1. The predicted molar refractivity (Wildman–Crippen MR) is 76.4 cm³/mol. The Balaban J connectivity index is 2.38. The van der Waals surface area contributed by atoms with Crippen LogP contribution in [-0.4, -0.2) is 37.1 Å². The zero-order valence-corrected chi connectivity index (χ0v) is 12.4. The van der Waals surface area contributed by atoms with E-state index in [0.29, 0.717) is 5.41 Å². The van der Waals surface area contributed by atoms with Gasteiger partial charge in [0.05, 0.1) is 0 Å². The van der Waals surface area contributed by atoms with Crippen molar-refractivity contribution in [1.82, 2.24) is 10.2 Å². The van der Waals surface area contributed by atoms with E-state index in [1.54, 1.807) is 0 Å². The van der Waals surface area contributed by atoms with Gasteiger partial charge in [-0.1, -0.05) is 34.1 Å². The van der Waals surface area contributed by atoms with E-state index in [1.165, 1.54) is 45.2 Å². The van der Waals surface area contributed by atoms with Gasteiger partial charge in [-0.2, -0.15) is 0 Å². The van der Waals surface area contributed by atoms with Crippen molar-refractivity contribution in [3.63, 3.8) is 0 Å². The van der Waals surface area contributed by atoms with Crippen molar-refractivity contribution in [3.05, 3.63) is 0 Å². The van der Waals surface area contributed by atoms with Crippen molar-refractivity contribution in [3.8, 4) is 0 Å². The van der Waals surface area contributed by atoms with Gasteiger partial charge in [-0.05, 0) is 44.2 Å². The second-order valence-corrected chi connectivity index (χ2v) is 6.37. The van der Waals surface area contributed by atoms with Gasteiger partial charge in [0.15, 0.2) is 0 Å². The summed E-state index contributed by atoms with van der Waals surface area (Å²) in [4.78, 5) is 2.73. The fraction of sp³-hybridized carbons (Fsp3) is 1.00. The SMILES string of the molecule is CCCNCC(C)(C)CN1CCCCC1CC. The van der Waals surface area contributed by atoms with Gasteiger partial charge in [0.2, 0.25) is 0 Å². The molecular formula is C15H32N2. The third-order valence-electron chi connectivity index (χ3n) is 3.88. The van der Waals surface area contributed by atoms with Crippen molar-refractivity contribution < 1.29 is 0 Å². The Kier molecular flexibility index (Phi) is 6.50. The zero-order valence-electron chi connectivity index (χ0n) is 12.4. The van der Waals surface area contributed by atoms with Gasteiger partial charge in [-0.15, -0.1) is 0 Å². The molecule has 1 saturated heterocycles. The molecule has 0 saturated carbocycles. The number of likely N-dealkylation sites (tertiary alicyclic amines) is 1. The van der Waals surface area contributed by atoms with Crippen LogP contribution >= 0.6 is 0 Å². The maximum atomic E-state index is 3.57. The largest absolute Gasteiger partial charge is 0.316 e. The Labute approximate surface area is 108 Å². The third kappa shape index (κ3) is 5.39. The summed E-state index contributed by atoms with van der Waals surface area (Å²) in [6, 6.07) is 0.842. The number of nitrogens with zero attached hydrogens (tertiary/aromatic N) is 1. The van der Waals surface area contributed by atoms with E-state index in [-0.39, 0.29) is 0 Å². The first kappa shape index (κ1) is 15.0. The zero-order chi connectivity index (χ0) is 12.7. The molecule has 1 N–H and O–H groups in total. The molecule has 17 heavy (non-hydrogen) atoms. The molecule has 2 nitrogen and oxygen atoms in total. The van der Waals surface area contributed by atoms with Crippen LogP contribution in [0.1, 0.15) is 59.8 Å². The first-order valence-electron chi connectivity index (χ1n) is 7.54. The average molecular weight is 240 g/mol. The van der Waals surface area contributed by atoms with E-state index >= 15 is 0 Å². The minimum absolute atomic E-state index is 0.403. The second kappa shape index (κ2) is 7.38. The lowest BCUT2D eigenvalue weighted by atomic mass is 9.89. The third-order valence-corrected chi connectivity index (χ3v) is 3.88. The molecule has 0 radical (unpaired) electrons.